The van der Waals surface area contributed by atoms with Crippen molar-refractivity contribution in [2.24, 2.45) is 5.73 Å². The van der Waals surface area contributed by atoms with Gasteiger partial charge < -0.3 is 20.1 Å². The number of carbonyl (C=O) groups excluding carboxylic acids is 1. The highest BCUT2D eigenvalue weighted by Crippen LogP contribution is 2.38. The van der Waals surface area contributed by atoms with E-state index in [0.29, 0.717) is 22.5 Å². The summed E-state index contributed by atoms with van der Waals surface area (Å²) in [5, 5.41) is 10.9. The Labute approximate surface area is 171 Å². The standard InChI is InChI=1S/C20H16FN3O4.C2H6/c1-8-2-9-11(5-22)12-6-24-16(17(12)23-15(9)4-14(8)21)3-10-13(19(24)26)7-28-20(27)18(10)25;1-2/h2-4,18,25H,5-7,22H2,1H3;1-2H3/t18-;/m0./s1. The molecule has 8 heteroatoms. The molecule has 4 heterocycles. The number of aromatic nitrogens is 2. The molecule has 2 aliphatic heterocycles. The van der Waals surface area contributed by atoms with Crippen LogP contribution in [0.25, 0.3) is 22.3 Å². The van der Waals surface area contributed by atoms with Crippen molar-refractivity contribution >= 4 is 16.9 Å². The SMILES string of the molecule is CC.Cc1cc2c(CN)c3c(nc2cc1F)-c1cc2c(c(=O)n1C3)COC(=O)[C@H]2O. The number of ether oxygens (including phenoxy) is 1. The van der Waals surface area contributed by atoms with Gasteiger partial charge in [0.1, 0.15) is 12.4 Å². The number of halogens is 1. The lowest BCUT2D eigenvalue weighted by Crippen LogP contribution is -2.32. The average molecular weight is 411 g/mol. The molecular formula is C22H22FN3O4. The van der Waals surface area contributed by atoms with E-state index < -0.39 is 12.1 Å². The zero-order chi connectivity index (χ0) is 21.7. The number of hydrogen-bond donors (Lipinski definition) is 2. The fourth-order valence-electron chi connectivity index (χ4n) is 4.07. The lowest BCUT2D eigenvalue weighted by atomic mass is 9.98. The van der Waals surface area contributed by atoms with Crippen LogP contribution in [0, 0.1) is 12.7 Å². The molecule has 2 aliphatic rings. The van der Waals surface area contributed by atoms with E-state index in [4.69, 9.17) is 10.5 Å². The van der Waals surface area contributed by atoms with E-state index in [2.05, 4.69) is 4.98 Å². The molecule has 0 saturated carbocycles. The predicted molar refractivity (Wildman–Crippen MR) is 109 cm³/mol. The van der Waals surface area contributed by atoms with Crippen LogP contribution in [0.15, 0.2) is 23.0 Å². The number of aliphatic hydroxyl groups excluding tert-OH is 1. The number of benzene rings is 1. The third kappa shape index (κ3) is 2.75. The normalized spacial score (nSPS) is 16.3. The quantitative estimate of drug-likeness (QED) is 0.466. The molecule has 0 fully saturated rings. The molecule has 2 aromatic heterocycles. The predicted octanol–water partition coefficient (Wildman–Crippen LogP) is 2.45. The molecule has 3 N–H and O–H groups in total. The minimum Gasteiger partial charge on any atom is -0.458 e. The second kappa shape index (κ2) is 7.30. The maximum Gasteiger partial charge on any atom is 0.340 e. The van der Waals surface area contributed by atoms with Gasteiger partial charge in [0.2, 0.25) is 0 Å². The van der Waals surface area contributed by atoms with Gasteiger partial charge in [0.25, 0.3) is 5.56 Å². The van der Waals surface area contributed by atoms with Gasteiger partial charge in [-0.1, -0.05) is 13.8 Å². The van der Waals surface area contributed by atoms with E-state index in [1.165, 1.54) is 10.6 Å². The van der Waals surface area contributed by atoms with E-state index in [-0.39, 0.29) is 42.2 Å². The third-order valence-electron chi connectivity index (χ3n) is 5.56. The summed E-state index contributed by atoms with van der Waals surface area (Å²) in [7, 11) is 0. The minimum absolute atomic E-state index is 0.176. The zero-order valence-electron chi connectivity index (χ0n) is 17.0. The Morgan fingerprint density at radius 2 is 2.00 bits per heavy atom. The Bertz CT molecular complexity index is 1270. The van der Waals surface area contributed by atoms with Gasteiger partial charge >= 0.3 is 5.97 Å². The first-order chi connectivity index (χ1) is 14.4. The number of carbonyl (C=O) groups is 1. The topological polar surface area (TPSA) is 107 Å². The van der Waals surface area contributed by atoms with Crippen molar-refractivity contribution in [2.75, 3.05) is 0 Å². The number of aliphatic hydroxyl groups is 1. The van der Waals surface area contributed by atoms with Crippen molar-refractivity contribution in [1.82, 2.24) is 9.55 Å². The number of cyclic esters (lactones) is 1. The molecule has 1 aromatic carbocycles. The maximum absolute atomic E-state index is 14.1. The number of nitrogens with two attached hydrogens (primary N) is 1. The number of rotatable bonds is 1. The molecule has 30 heavy (non-hydrogen) atoms. The Morgan fingerprint density at radius 3 is 2.70 bits per heavy atom. The van der Waals surface area contributed by atoms with Crippen molar-refractivity contribution in [3.05, 3.63) is 62.2 Å². The molecular weight excluding hydrogens is 389 g/mol. The van der Waals surface area contributed by atoms with E-state index in [0.717, 1.165) is 16.5 Å². The van der Waals surface area contributed by atoms with Gasteiger partial charge in [-0.15, -0.1) is 0 Å². The van der Waals surface area contributed by atoms with Gasteiger partial charge in [0.05, 0.1) is 29.0 Å². The molecule has 0 saturated heterocycles. The average Bonchev–Trinajstić information content (AvgIpc) is 3.11. The van der Waals surface area contributed by atoms with Gasteiger partial charge in [-0.25, -0.2) is 14.2 Å². The van der Waals surface area contributed by atoms with Crippen molar-refractivity contribution in [1.29, 1.82) is 0 Å². The molecule has 0 unspecified atom stereocenters. The molecule has 0 spiro atoms. The second-order valence-corrected chi connectivity index (χ2v) is 7.11. The van der Waals surface area contributed by atoms with Crippen LogP contribution in [0.2, 0.25) is 0 Å². The Balaban J connectivity index is 0.00000106. The summed E-state index contributed by atoms with van der Waals surface area (Å²) in [5.74, 6) is -1.16. The minimum atomic E-state index is -1.51. The monoisotopic (exact) mass is 411 g/mol. The highest BCUT2D eigenvalue weighted by Gasteiger charge is 2.34. The molecule has 5 rings (SSSR count). The molecule has 1 atom stereocenters. The van der Waals surface area contributed by atoms with Crippen molar-refractivity contribution in [3.63, 3.8) is 0 Å². The van der Waals surface area contributed by atoms with Crippen LogP contribution >= 0.6 is 0 Å². The number of pyridine rings is 2. The highest BCUT2D eigenvalue weighted by molar-refractivity contribution is 5.89. The van der Waals surface area contributed by atoms with Gasteiger partial charge in [-0.2, -0.15) is 0 Å². The summed E-state index contributed by atoms with van der Waals surface area (Å²) in [6, 6.07) is 4.67. The fourth-order valence-corrected chi connectivity index (χ4v) is 4.07. The third-order valence-corrected chi connectivity index (χ3v) is 5.56. The smallest absolute Gasteiger partial charge is 0.340 e. The lowest BCUT2D eigenvalue weighted by Gasteiger charge is -2.21. The zero-order valence-corrected chi connectivity index (χ0v) is 17.0. The first-order valence-electron chi connectivity index (χ1n) is 9.84. The largest absolute Gasteiger partial charge is 0.458 e. The van der Waals surface area contributed by atoms with E-state index in [9.17, 15) is 19.1 Å². The van der Waals surface area contributed by atoms with Gasteiger partial charge in [-0.05, 0) is 30.2 Å². The fraction of sp³-hybridized carbons (Fsp3) is 0.318. The molecule has 7 nitrogen and oxygen atoms in total. The maximum atomic E-state index is 14.1. The molecule has 0 aliphatic carbocycles. The molecule has 3 aromatic rings. The van der Waals surface area contributed by atoms with Gasteiger partial charge in [-0.3, -0.25) is 4.79 Å². The number of esters is 1. The van der Waals surface area contributed by atoms with Crippen LogP contribution in [0.4, 0.5) is 4.39 Å². The van der Waals surface area contributed by atoms with E-state index in [1.807, 2.05) is 13.8 Å². The van der Waals surface area contributed by atoms with Gasteiger partial charge in [0, 0.05) is 29.1 Å². The second-order valence-electron chi connectivity index (χ2n) is 7.11. The molecule has 0 radical (unpaired) electrons. The Hall–Kier alpha value is -3.10. The van der Waals surface area contributed by atoms with Crippen LogP contribution < -0.4 is 11.3 Å². The number of hydrogen-bond acceptors (Lipinski definition) is 6. The first-order valence-corrected chi connectivity index (χ1v) is 9.84. The van der Waals surface area contributed by atoms with E-state index >= 15 is 0 Å². The van der Waals surface area contributed by atoms with Crippen LogP contribution in [0.5, 0.6) is 0 Å². The van der Waals surface area contributed by atoms with Crippen LogP contribution in [0.3, 0.4) is 0 Å². The van der Waals surface area contributed by atoms with Crippen LogP contribution in [-0.2, 0) is 29.2 Å². The summed E-state index contributed by atoms with van der Waals surface area (Å²) in [6.45, 7) is 5.98. The highest BCUT2D eigenvalue weighted by atomic mass is 19.1. The van der Waals surface area contributed by atoms with Crippen molar-refractivity contribution in [2.45, 2.75) is 46.6 Å². The molecule has 0 amide bonds. The number of aryl methyl sites for hydroxylation is 1. The van der Waals surface area contributed by atoms with Crippen LogP contribution in [-0.4, -0.2) is 20.6 Å². The first kappa shape index (κ1) is 20.2. The van der Waals surface area contributed by atoms with Crippen LogP contribution in [0.1, 0.15) is 47.8 Å². The van der Waals surface area contributed by atoms with Crippen molar-refractivity contribution in [3.8, 4) is 11.4 Å². The van der Waals surface area contributed by atoms with Gasteiger partial charge in [0.15, 0.2) is 6.10 Å². The summed E-state index contributed by atoms with van der Waals surface area (Å²) in [4.78, 5) is 29.3. The number of nitrogens with zero attached hydrogens (tertiary/aromatic N) is 2. The summed E-state index contributed by atoms with van der Waals surface area (Å²) < 4.78 is 20.5. The number of fused-ring (bicyclic) bond motifs is 5. The van der Waals surface area contributed by atoms with E-state index in [1.54, 1.807) is 19.1 Å². The summed E-state index contributed by atoms with van der Waals surface area (Å²) in [6.07, 6.45) is -1.51. The molecule has 156 valence electrons. The van der Waals surface area contributed by atoms with Crippen molar-refractivity contribution < 1.29 is 19.0 Å². The Kier molecular flexibility index (Phi) is 4.91. The molecule has 0 bridgehead atoms. The Morgan fingerprint density at radius 1 is 1.27 bits per heavy atom. The summed E-state index contributed by atoms with van der Waals surface area (Å²) >= 11 is 0. The lowest BCUT2D eigenvalue weighted by molar-refractivity contribution is -0.157. The summed E-state index contributed by atoms with van der Waals surface area (Å²) in [5.41, 5.74) is 9.67.